The molecule has 0 radical (unpaired) electrons. The fourth-order valence-electron chi connectivity index (χ4n) is 1.56. The number of hydrogen-bond acceptors (Lipinski definition) is 4. The van der Waals surface area contributed by atoms with Crippen LogP contribution in [0.4, 0.5) is 0 Å². The highest BCUT2D eigenvalue weighted by Crippen LogP contribution is 2.19. The molecule has 0 aliphatic carbocycles. The normalized spacial score (nSPS) is 9.48. The Morgan fingerprint density at radius 1 is 1.05 bits per heavy atom. The number of benzene rings is 2. The van der Waals surface area contributed by atoms with Crippen LogP contribution in [-0.4, -0.2) is 5.97 Å². The van der Waals surface area contributed by atoms with Crippen molar-refractivity contribution >= 4 is 5.97 Å². The largest absolute Gasteiger partial charge is 0.489 e. The van der Waals surface area contributed by atoms with Crippen LogP contribution in [0.3, 0.4) is 0 Å². The van der Waals surface area contributed by atoms with Crippen LogP contribution >= 0.6 is 0 Å². The summed E-state index contributed by atoms with van der Waals surface area (Å²) in [5.74, 6) is 0.247. The second-order valence-electron chi connectivity index (χ2n) is 4.23. The molecule has 0 aromatic heterocycles. The average molecular weight is 279 g/mol. The van der Waals surface area contributed by atoms with Crippen LogP contribution in [0.1, 0.15) is 5.56 Å². The number of hydrogen-bond donors (Lipinski definition) is 0. The third-order valence-electron chi connectivity index (χ3n) is 2.66. The van der Waals surface area contributed by atoms with Crippen molar-refractivity contribution in [1.29, 1.82) is 5.26 Å². The third kappa shape index (κ3) is 4.22. The van der Waals surface area contributed by atoms with Gasteiger partial charge in [-0.2, -0.15) is 5.26 Å². The monoisotopic (exact) mass is 279 g/mol. The van der Waals surface area contributed by atoms with E-state index in [2.05, 4.69) is 6.58 Å². The Balaban J connectivity index is 1.92. The predicted molar refractivity (Wildman–Crippen MR) is 77.6 cm³/mol. The minimum atomic E-state index is -0.754. The SMILES string of the molecule is C=C(C#N)C(=O)Oc1ccc(OCc2ccccc2)cc1. The molecular weight excluding hydrogens is 266 g/mol. The van der Waals surface area contributed by atoms with Crippen molar-refractivity contribution in [2.75, 3.05) is 0 Å². The van der Waals surface area contributed by atoms with Gasteiger partial charge >= 0.3 is 5.97 Å². The number of esters is 1. The van der Waals surface area contributed by atoms with Crippen LogP contribution < -0.4 is 9.47 Å². The molecule has 104 valence electrons. The van der Waals surface area contributed by atoms with Gasteiger partial charge in [0.1, 0.15) is 29.7 Å². The molecule has 4 heteroatoms. The molecule has 0 saturated carbocycles. The summed E-state index contributed by atoms with van der Waals surface area (Å²) in [4.78, 5) is 11.4. The number of carbonyl (C=O) groups excluding carboxylic acids is 1. The number of carbonyl (C=O) groups is 1. The van der Waals surface area contributed by atoms with E-state index >= 15 is 0 Å². The van der Waals surface area contributed by atoms with E-state index in [9.17, 15) is 4.79 Å². The van der Waals surface area contributed by atoms with Gasteiger partial charge in [-0.05, 0) is 29.8 Å². The number of rotatable bonds is 5. The Kier molecular flexibility index (Phi) is 4.73. The van der Waals surface area contributed by atoms with Crippen LogP contribution in [0.2, 0.25) is 0 Å². The van der Waals surface area contributed by atoms with E-state index in [1.54, 1.807) is 30.3 Å². The van der Waals surface area contributed by atoms with Gasteiger partial charge < -0.3 is 9.47 Å². The highest BCUT2D eigenvalue weighted by Gasteiger charge is 2.08. The summed E-state index contributed by atoms with van der Waals surface area (Å²) in [6, 6.07) is 18.0. The maximum absolute atomic E-state index is 11.4. The van der Waals surface area contributed by atoms with Crippen LogP contribution in [0.15, 0.2) is 66.7 Å². The van der Waals surface area contributed by atoms with Gasteiger partial charge in [0.25, 0.3) is 0 Å². The molecule has 0 heterocycles. The molecule has 0 aliphatic rings. The zero-order chi connectivity index (χ0) is 15.1. The molecule has 0 N–H and O–H groups in total. The van der Waals surface area contributed by atoms with Gasteiger partial charge in [-0.15, -0.1) is 0 Å². The Hall–Kier alpha value is -3.06. The molecule has 0 aliphatic heterocycles. The zero-order valence-corrected chi connectivity index (χ0v) is 11.3. The minimum Gasteiger partial charge on any atom is -0.489 e. The standard InChI is InChI=1S/C17H13NO3/c1-13(11-18)17(19)21-16-9-7-15(8-10-16)20-12-14-5-3-2-4-6-14/h2-10H,1,12H2. The number of nitrogens with zero attached hydrogens (tertiary/aromatic N) is 1. The van der Waals surface area contributed by atoms with Crippen LogP contribution in [0, 0.1) is 11.3 Å². The fourth-order valence-corrected chi connectivity index (χ4v) is 1.56. The summed E-state index contributed by atoms with van der Waals surface area (Å²) in [6.07, 6.45) is 0. The van der Waals surface area contributed by atoms with Crippen molar-refractivity contribution in [2.24, 2.45) is 0 Å². The van der Waals surface area contributed by atoms with Crippen LogP contribution in [-0.2, 0) is 11.4 Å². The van der Waals surface area contributed by atoms with Gasteiger partial charge in [0.05, 0.1) is 0 Å². The lowest BCUT2D eigenvalue weighted by Gasteiger charge is -2.07. The maximum atomic E-state index is 11.4. The molecule has 0 unspecified atom stereocenters. The van der Waals surface area contributed by atoms with E-state index in [4.69, 9.17) is 14.7 Å². The van der Waals surface area contributed by atoms with E-state index in [0.717, 1.165) is 5.56 Å². The van der Waals surface area contributed by atoms with E-state index in [0.29, 0.717) is 18.1 Å². The van der Waals surface area contributed by atoms with Gasteiger partial charge in [-0.3, -0.25) is 0 Å². The topological polar surface area (TPSA) is 59.3 Å². The highest BCUT2D eigenvalue weighted by atomic mass is 16.5. The van der Waals surface area contributed by atoms with Crippen molar-refractivity contribution in [2.45, 2.75) is 6.61 Å². The van der Waals surface area contributed by atoms with E-state index in [1.165, 1.54) is 0 Å². The fraction of sp³-hybridized carbons (Fsp3) is 0.0588. The summed E-state index contributed by atoms with van der Waals surface area (Å²) >= 11 is 0. The summed E-state index contributed by atoms with van der Waals surface area (Å²) in [6.45, 7) is 3.75. The first-order chi connectivity index (χ1) is 10.2. The molecule has 2 aromatic rings. The van der Waals surface area contributed by atoms with E-state index in [-0.39, 0.29) is 5.57 Å². The Bertz CT molecular complexity index is 669. The summed E-state index contributed by atoms with van der Waals surface area (Å²) < 4.78 is 10.6. The molecule has 0 amide bonds. The molecule has 0 saturated heterocycles. The molecule has 2 rings (SSSR count). The Labute approximate surface area is 122 Å². The van der Waals surface area contributed by atoms with Crippen molar-refractivity contribution in [1.82, 2.24) is 0 Å². The van der Waals surface area contributed by atoms with Gasteiger partial charge in [-0.1, -0.05) is 36.9 Å². The van der Waals surface area contributed by atoms with Gasteiger partial charge in [0.15, 0.2) is 0 Å². The van der Waals surface area contributed by atoms with Crippen molar-refractivity contribution in [3.05, 3.63) is 72.3 Å². The second-order valence-corrected chi connectivity index (χ2v) is 4.23. The number of ether oxygens (including phenoxy) is 2. The highest BCUT2D eigenvalue weighted by molar-refractivity contribution is 5.93. The van der Waals surface area contributed by atoms with Crippen molar-refractivity contribution < 1.29 is 14.3 Å². The quantitative estimate of drug-likeness (QED) is 0.365. The molecule has 21 heavy (non-hydrogen) atoms. The molecule has 0 bridgehead atoms. The minimum absolute atomic E-state index is 0.237. The first kappa shape index (κ1) is 14.4. The first-order valence-electron chi connectivity index (χ1n) is 6.27. The van der Waals surface area contributed by atoms with Gasteiger partial charge in [0.2, 0.25) is 0 Å². The Morgan fingerprint density at radius 2 is 1.67 bits per heavy atom. The molecular formula is C17H13NO3. The lowest BCUT2D eigenvalue weighted by molar-refractivity contribution is -0.129. The molecule has 0 atom stereocenters. The lowest BCUT2D eigenvalue weighted by atomic mass is 10.2. The zero-order valence-electron chi connectivity index (χ0n) is 11.3. The average Bonchev–Trinajstić information content (AvgIpc) is 2.54. The Morgan fingerprint density at radius 3 is 2.29 bits per heavy atom. The summed E-state index contributed by atoms with van der Waals surface area (Å²) in [5.41, 5.74) is 0.831. The molecule has 2 aromatic carbocycles. The molecule has 0 fully saturated rings. The smallest absolute Gasteiger partial charge is 0.353 e. The van der Waals surface area contributed by atoms with Crippen molar-refractivity contribution in [3.63, 3.8) is 0 Å². The summed E-state index contributed by atoms with van der Waals surface area (Å²) in [5, 5.41) is 8.54. The number of nitriles is 1. The van der Waals surface area contributed by atoms with E-state index < -0.39 is 5.97 Å². The molecule has 0 spiro atoms. The van der Waals surface area contributed by atoms with Crippen LogP contribution in [0.5, 0.6) is 11.5 Å². The second kappa shape index (κ2) is 6.92. The first-order valence-corrected chi connectivity index (χ1v) is 6.27. The van der Waals surface area contributed by atoms with Gasteiger partial charge in [0, 0.05) is 0 Å². The predicted octanol–water partition coefficient (Wildman–Crippen LogP) is 3.25. The third-order valence-corrected chi connectivity index (χ3v) is 2.66. The van der Waals surface area contributed by atoms with Crippen molar-refractivity contribution in [3.8, 4) is 17.6 Å². The van der Waals surface area contributed by atoms with Crippen LogP contribution in [0.25, 0.3) is 0 Å². The van der Waals surface area contributed by atoms with E-state index in [1.807, 2.05) is 30.3 Å². The maximum Gasteiger partial charge on any atom is 0.353 e. The van der Waals surface area contributed by atoms with Gasteiger partial charge in [-0.25, -0.2) is 4.79 Å². The summed E-state index contributed by atoms with van der Waals surface area (Å²) in [7, 11) is 0. The molecule has 4 nitrogen and oxygen atoms in total. The lowest BCUT2D eigenvalue weighted by Crippen LogP contribution is -2.09.